The Balaban J connectivity index is 1.23. The maximum atomic E-state index is 2.46. The zero-order valence-corrected chi connectivity index (χ0v) is 28.6. The van der Waals surface area contributed by atoms with E-state index in [9.17, 15) is 0 Å². The summed E-state index contributed by atoms with van der Waals surface area (Å²) in [6.45, 7) is 14.0. The minimum atomic E-state index is -0.0773. The zero-order chi connectivity index (χ0) is 32.9. The third-order valence-electron chi connectivity index (χ3n) is 11.4. The van der Waals surface area contributed by atoms with E-state index in [2.05, 4.69) is 185 Å². The highest BCUT2D eigenvalue weighted by Crippen LogP contribution is 2.54. The van der Waals surface area contributed by atoms with Gasteiger partial charge in [-0.25, -0.2) is 0 Å². The van der Waals surface area contributed by atoms with Gasteiger partial charge in [0.1, 0.15) is 0 Å². The molecule has 0 aliphatic carbocycles. The molecule has 7 aromatic rings. The van der Waals surface area contributed by atoms with Crippen LogP contribution in [0.3, 0.4) is 0 Å². The fourth-order valence-corrected chi connectivity index (χ4v) is 8.80. The number of aryl methyl sites for hydroxylation is 2. The Kier molecular flexibility index (Phi) is 6.06. The minimum Gasteiger partial charge on any atom is -0.310 e. The lowest BCUT2D eigenvalue weighted by Crippen LogP contribution is -2.30. The zero-order valence-electron chi connectivity index (χ0n) is 28.6. The number of anilines is 6. The van der Waals surface area contributed by atoms with E-state index in [-0.39, 0.29) is 10.8 Å². The summed E-state index contributed by atoms with van der Waals surface area (Å²) in [4.78, 5) is 4.92. The molecule has 0 unspecified atom stereocenters. The predicted octanol–water partition coefficient (Wildman–Crippen LogP) is 12.8. The van der Waals surface area contributed by atoms with Gasteiger partial charge in [-0.15, -0.1) is 0 Å². The summed E-state index contributed by atoms with van der Waals surface area (Å²) < 4.78 is 0. The van der Waals surface area contributed by atoms with Crippen molar-refractivity contribution in [3.8, 4) is 0 Å². The summed E-state index contributed by atoms with van der Waals surface area (Å²) in [6, 6.07) is 49.7. The topological polar surface area (TPSA) is 6.48 Å². The van der Waals surface area contributed by atoms with Crippen LogP contribution < -0.4 is 9.80 Å². The number of hydrogen-bond acceptors (Lipinski definition) is 2. The second kappa shape index (κ2) is 10.1. The van der Waals surface area contributed by atoms with Gasteiger partial charge in [-0.1, -0.05) is 113 Å². The van der Waals surface area contributed by atoms with Gasteiger partial charge < -0.3 is 9.80 Å². The van der Waals surface area contributed by atoms with E-state index in [0.29, 0.717) is 0 Å². The Bertz CT molecular complexity index is 2180. The van der Waals surface area contributed by atoms with Gasteiger partial charge in [0, 0.05) is 22.2 Å². The molecule has 48 heavy (non-hydrogen) atoms. The van der Waals surface area contributed by atoms with E-state index in [1.54, 1.807) is 0 Å². The monoisotopic (exact) mass is 620 g/mol. The van der Waals surface area contributed by atoms with E-state index in [4.69, 9.17) is 0 Å². The average Bonchev–Trinajstić information content (AvgIpc) is 3.11. The van der Waals surface area contributed by atoms with Gasteiger partial charge in [0.25, 0.3) is 0 Å². The molecule has 2 aliphatic rings. The molecule has 0 spiro atoms. The van der Waals surface area contributed by atoms with Crippen molar-refractivity contribution in [2.24, 2.45) is 0 Å². The van der Waals surface area contributed by atoms with Crippen molar-refractivity contribution < 1.29 is 0 Å². The summed E-state index contributed by atoms with van der Waals surface area (Å²) in [6.07, 6.45) is 0. The quantitative estimate of drug-likeness (QED) is 0.177. The first kappa shape index (κ1) is 28.8. The van der Waals surface area contributed by atoms with E-state index in [1.807, 2.05) is 0 Å². The van der Waals surface area contributed by atoms with Crippen molar-refractivity contribution in [1.82, 2.24) is 0 Å². The Hall–Kier alpha value is -5.34. The normalized spacial score (nSPS) is 15.5. The molecule has 0 atom stereocenters. The molecule has 0 N–H and O–H groups in total. The Labute approximate surface area is 283 Å². The number of benzene rings is 7. The molecular formula is C46H40N2. The van der Waals surface area contributed by atoms with Crippen LogP contribution in [0.5, 0.6) is 0 Å². The van der Waals surface area contributed by atoms with Crippen LogP contribution in [-0.2, 0) is 10.8 Å². The van der Waals surface area contributed by atoms with Crippen LogP contribution >= 0.6 is 0 Å². The van der Waals surface area contributed by atoms with Crippen LogP contribution in [0.25, 0.3) is 21.5 Å². The van der Waals surface area contributed by atoms with E-state index in [1.165, 1.54) is 89.0 Å². The molecule has 2 nitrogen and oxygen atoms in total. The van der Waals surface area contributed by atoms with Gasteiger partial charge in [-0.05, 0) is 117 Å². The molecule has 0 aromatic heterocycles. The number of hydrogen-bond donors (Lipinski definition) is 0. The van der Waals surface area contributed by atoms with Crippen molar-refractivity contribution in [2.45, 2.75) is 52.4 Å². The molecule has 2 aliphatic heterocycles. The van der Waals surface area contributed by atoms with Gasteiger partial charge in [0.15, 0.2) is 0 Å². The number of rotatable bonds is 2. The van der Waals surface area contributed by atoms with E-state index in [0.717, 1.165) is 0 Å². The summed E-state index contributed by atoms with van der Waals surface area (Å²) >= 11 is 0. The molecule has 0 fully saturated rings. The molecule has 0 amide bonds. The third-order valence-corrected chi connectivity index (χ3v) is 11.4. The average molecular weight is 621 g/mol. The second-order valence-electron chi connectivity index (χ2n) is 14.7. The summed E-state index contributed by atoms with van der Waals surface area (Å²) in [5, 5.41) is 5.22. The van der Waals surface area contributed by atoms with Crippen molar-refractivity contribution >= 4 is 55.7 Å². The van der Waals surface area contributed by atoms with Crippen molar-refractivity contribution in [3.63, 3.8) is 0 Å². The first-order chi connectivity index (χ1) is 23.2. The summed E-state index contributed by atoms with van der Waals surface area (Å²) in [5.41, 5.74) is 15.3. The Morgan fingerprint density at radius 1 is 0.354 bits per heavy atom. The highest BCUT2D eigenvalue weighted by Gasteiger charge is 2.38. The number of para-hydroxylation sites is 4. The van der Waals surface area contributed by atoms with Crippen molar-refractivity contribution in [3.05, 3.63) is 167 Å². The van der Waals surface area contributed by atoms with Gasteiger partial charge in [0.2, 0.25) is 0 Å². The predicted molar refractivity (Wildman–Crippen MR) is 205 cm³/mol. The number of nitrogens with zero attached hydrogens (tertiary/aromatic N) is 2. The molecule has 234 valence electrons. The van der Waals surface area contributed by atoms with Crippen LogP contribution in [0.1, 0.15) is 61.1 Å². The molecule has 0 bridgehead atoms. The maximum Gasteiger partial charge on any atom is 0.0502 e. The van der Waals surface area contributed by atoms with Crippen molar-refractivity contribution in [1.29, 1.82) is 0 Å². The molecule has 9 rings (SSSR count). The lowest BCUT2D eigenvalue weighted by molar-refractivity contribution is 0.632. The maximum absolute atomic E-state index is 2.46. The first-order valence-electron chi connectivity index (χ1n) is 17.1. The second-order valence-corrected chi connectivity index (χ2v) is 14.7. The van der Waals surface area contributed by atoms with Crippen LogP contribution in [0.2, 0.25) is 0 Å². The van der Waals surface area contributed by atoms with Crippen LogP contribution in [0, 0.1) is 13.8 Å². The van der Waals surface area contributed by atoms with Gasteiger partial charge in [-0.3, -0.25) is 0 Å². The Morgan fingerprint density at radius 3 is 0.958 bits per heavy atom. The lowest BCUT2D eigenvalue weighted by atomic mass is 9.73. The van der Waals surface area contributed by atoms with Gasteiger partial charge in [0.05, 0.1) is 22.7 Å². The highest BCUT2D eigenvalue weighted by atomic mass is 15.2. The third kappa shape index (κ3) is 3.86. The molecule has 7 aromatic carbocycles. The lowest BCUT2D eigenvalue weighted by Gasteiger charge is -2.42. The smallest absolute Gasteiger partial charge is 0.0502 e. The fraction of sp³-hybridized carbons (Fsp3) is 0.174. The molecule has 2 heteroatoms. The molecule has 0 saturated heterocycles. The van der Waals surface area contributed by atoms with E-state index < -0.39 is 0 Å². The van der Waals surface area contributed by atoms with Crippen LogP contribution in [0.4, 0.5) is 34.1 Å². The van der Waals surface area contributed by atoms with Crippen molar-refractivity contribution in [2.75, 3.05) is 9.80 Å². The molecule has 2 heterocycles. The van der Waals surface area contributed by atoms with Gasteiger partial charge in [-0.2, -0.15) is 0 Å². The first-order valence-corrected chi connectivity index (χ1v) is 17.1. The van der Waals surface area contributed by atoms with Gasteiger partial charge >= 0.3 is 0 Å². The molecular weight excluding hydrogens is 581 g/mol. The SMILES string of the molecule is Cc1c2ccc(N3c4ccccc4C(C)(C)c4ccccc43)cc2c(C)c2ccc(N3c4ccccc4C(C)(C)c4ccccc43)cc12. The number of fused-ring (bicyclic) bond motifs is 6. The standard InChI is InChI=1S/C46H40N2/c1-29-33-25-23-32(48-43-21-13-9-17-39(43)46(5,6)40-18-10-14-22-44(40)48)28-36(33)30(2)34-26-24-31(27-35(29)34)47-41-19-11-7-15-37(41)45(3,4)38-16-8-12-20-42(38)47/h7-28H,1-6H3. The van der Waals surface area contributed by atoms with E-state index >= 15 is 0 Å². The minimum absolute atomic E-state index is 0.0773. The molecule has 0 radical (unpaired) electrons. The van der Waals surface area contributed by atoms with Crippen LogP contribution in [0.15, 0.2) is 133 Å². The highest BCUT2D eigenvalue weighted by molar-refractivity contribution is 6.08. The summed E-state index contributed by atoms with van der Waals surface area (Å²) in [7, 11) is 0. The van der Waals surface area contributed by atoms with Crippen LogP contribution in [-0.4, -0.2) is 0 Å². The summed E-state index contributed by atoms with van der Waals surface area (Å²) in [5.74, 6) is 0. The largest absolute Gasteiger partial charge is 0.310 e. The fourth-order valence-electron chi connectivity index (χ4n) is 8.80. The molecule has 0 saturated carbocycles. The Morgan fingerprint density at radius 2 is 0.646 bits per heavy atom.